The minimum absolute atomic E-state index is 0.0707. The van der Waals surface area contributed by atoms with Crippen LogP contribution in [0.5, 0.6) is 0 Å². The molecular weight excluding hydrogens is 909 g/mol. The van der Waals surface area contributed by atoms with Crippen molar-refractivity contribution >= 4 is 24.0 Å². The third-order valence-electron chi connectivity index (χ3n) is 15.0. The highest BCUT2D eigenvalue weighted by atomic mass is 16.3. The summed E-state index contributed by atoms with van der Waals surface area (Å²) in [5, 5.41) is 27.4. The lowest BCUT2D eigenvalue weighted by Gasteiger charge is -2.38. The highest BCUT2D eigenvalue weighted by Crippen LogP contribution is 2.50. The predicted octanol–water partition coefficient (Wildman–Crippen LogP) is 5.43. The Morgan fingerprint density at radius 3 is 1.32 bits per heavy atom. The van der Waals surface area contributed by atoms with Crippen molar-refractivity contribution in [3.05, 3.63) is 200 Å². The monoisotopic (exact) mass is 970 g/mol. The number of pyridine rings is 2. The lowest BCUT2D eigenvalue weighted by molar-refractivity contribution is -0.129. The number of carbonyl (C=O) groups is 2. The number of aliphatic hydroxyl groups is 2. The van der Waals surface area contributed by atoms with Gasteiger partial charge in [0.15, 0.2) is 0 Å². The number of aromatic nitrogens is 6. The van der Waals surface area contributed by atoms with E-state index in [1.807, 2.05) is 125 Å². The molecule has 10 atom stereocenters. The first-order valence-electron chi connectivity index (χ1n) is 24.7. The number of nitrogens with zero attached hydrogens (tertiary/aromatic N) is 8. The molecule has 2 aromatic carbocycles. The molecule has 72 heavy (non-hydrogen) atoms. The van der Waals surface area contributed by atoms with E-state index in [2.05, 4.69) is 40.4 Å². The van der Waals surface area contributed by atoms with E-state index in [4.69, 9.17) is 0 Å². The lowest BCUT2D eigenvalue weighted by Crippen LogP contribution is -2.46. The van der Waals surface area contributed by atoms with Gasteiger partial charge in [0.2, 0.25) is 11.8 Å². The standard InChI is InChI=1S/2C28H31N5O3/c2*1-3-7-21-10-11-23-26-25(27(35)31-18(2)20-8-5-4-6-9-20)22(16-34)24(15-33(23)28(21)36)32(26)14-19-12-29-17-30-13-19/h2*3-13,17-18,22,24-26,34H,14-16H2,1-2H3,(H,31,35)/b7-3+;7-3-/t2*18-,22+,24+,25-,26-/m11/s1. The van der Waals surface area contributed by atoms with Gasteiger partial charge in [-0.05, 0) is 63.1 Å². The molecule has 0 aliphatic carbocycles. The van der Waals surface area contributed by atoms with Crippen molar-refractivity contribution in [2.75, 3.05) is 13.2 Å². The van der Waals surface area contributed by atoms with Crippen LogP contribution in [0.25, 0.3) is 12.2 Å². The van der Waals surface area contributed by atoms with Gasteiger partial charge in [-0.2, -0.15) is 0 Å². The maximum Gasteiger partial charge on any atom is 0.258 e. The van der Waals surface area contributed by atoms with Crippen LogP contribution in [0.3, 0.4) is 0 Å². The number of fused-ring (bicyclic) bond motifs is 8. The second-order valence-corrected chi connectivity index (χ2v) is 19.1. The molecule has 2 amide bonds. The van der Waals surface area contributed by atoms with E-state index in [0.29, 0.717) is 37.3 Å². The van der Waals surface area contributed by atoms with E-state index in [1.54, 1.807) is 46.1 Å². The summed E-state index contributed by atoms with van der Waals surface area (Å²) in [4.78, 5) is 75.4. The molecule has 4 N–H and O–H groups in total. The Hall–Kier alpha value is -7.24. The van der Waals surface area contributed by atoms with Crippen molar-refractivity contribution < 1.29 is 19.8 Å². The van der Waals surface area contributed by atoms with Crippen molar-refractivity contribution in [2.24, 2.45) is 23.7 Å². The van der Waals surface area contributed by atoms with Gasteiger partial charge in [0.1, 0.15) is 12.7 Å². The summed E-state index contributed by atoms with van der Waals surface area (Å²) in [6.07, 6.45) is 17.4. The largest absolute Gasteiger partial charge is 0.396 e. The van der Waals surface area contributed by atoms with Crippen LogP contribution < -0.4 is 21.8 Å². The van der Waals surface area contributed by atoms with E-state index in [9.17, 15) is 29.4 Å². The molecule has 2 fully saturated rings. The van der Waals surface area contributed by atoms with Crippen LogP contribution in [-0.2, 0) is 35.8 Å². The zero-order chi connectivity index (χ0) is 50.5. The van der Waals surface area contributed by atoms with Gasteiger partial charge in [0.05, 0.1) is 36.0 Å². The fraction of sp³-hybridized carbons (Fsp3) is 0.357. The minimum atomic E-state index is -0.517. The molecular formula is C56H62N10O6. The Labute approximate surface area is 418 Å². The maximum atomic E-state index is 13.8. The highest BCUT2D eigenvalue weighted by molar-refractivity contribution is 5.82. The smallest absolute Gasteiger partial charge is 0.258 e. The van der Waals surface area contributed by atoms with Crippen LogP contribution in [0.15, 0.2) is 144 Å². The summed E-state index contributed by atoms with van der Waals surface area (Å²) in [6, 6.07) is 25.7. The van der Waals surface area contributed by atoms with Crippen LogP contribution in [-0.4, -0.2) is 86.2 Å². The van der Waals surface area contributed by atoms with Crippen molar-refractivity contribution in [1.29, 1.82) is 0 Å². The highest BCUT2D eigenvalue weighted by Gasteiger charge is 2.57. The number of hydrogen-bond acceptors (Lipinski definition) is 12. The second kappa shape index (κ2) is 22.0. The molecule has 2 saturated heterocycles. The fourth-order valence-electron chi connectivity index (χ4n) is 11.6. The number of aliphatic hydroxyl groups excluding tert-OH is 2. The number of nitrogens with one attached hydrogen (secondary N) is 2. The summed E-state index contributed by atoms with van der Waals surface area (Å²) in [6.45, 7) is 9.26. The van der Waals surface area contributed by atoms with E-state index in [-0.39, 0.29) is 84.2 Å². The van der Waals surface area contributed by atoms with Crippen molar-refractivity contribution in [3.63, 3.8) is 0 Å². The molecule has 372 valence electrons. The molecule has 4 aromatic heterocycles. The Balaban J connectivity index is 0.000000178. The van der Waals surface area contributed by atoms with Gasteiger partial charge in [-0.1, -0.05) is 85.0 Å². The average Bonchev–Trinajstić information content (AvgIpc) is 3.74. The van der Waals surface area contributed by atoms with Gasteiger partial charge < -0.3 is 30.0 Å². The molecule has 16 heteroatoms. The number of allylic oxidation sites excluding steroid dienone is 2. The molecule has 0 saturated carbocycles. The fourth-order valence-corrected chi connectivity index (χ4v) is 11.6. The number of carbonyl (C=O) groups excluding carboxylic acids is 2. The predicted molar refractivity (Wildman–Crippen MR) is 273 cm³/mol. The molecule has 4 aliphatic heterocycles. The number of amides is 2. The summed E-state index contributed by atoms with van der Waals surface area (Å²) >= 11 is 0. The maximum absolute atomic E-state index is 13.8. The molecule has 10 rings (SSSR count). The van der Waals surface area contributed by atoms with Gasteiger partial charge in [-0.15, -0.1) is 0 Å². The van der Waals surface area contributed by atoms with E-state index >= 15 is 0 Å². The Morgan fingerprint density at radius 1 is 0.597 bits per heavy atom. The first-order chi connectivity index (χ1) is 35.1. The van der Waals surface area contributed by atoms with Crippen LogP contribution >= 0.6 is 0 Å². The van der Waals surface area contributed by atoms with E-state index in [1.165, 1.54) is 12.7 Å². The molecule has 4 aliphatic rings. The molecule has 0 spiro atoms. The van der Waals surface area contributed by atoms with Gasteiger partial charge >= 0.3 is 0 Å². The normalized spacial score (nSPS) is 24.0. The van der Waals surface area contributed by atoms with E-state index in [0.717, 1.165) is 33.6 Å². The summed E-state index contributed by atoms with van der Waals surface area (Å²) in [5.74, 6) is -1.93. The number of rotatable bonds is 14. The van der Waals surface area contributed by atoms with E-state index < -0.39 is 11.8 Å². The average molecular weight is 971 g/mol. The first kappa shape index (κ1) is 49.7. The van der Waals surface area contributed by atoms with Crippen LogP contribution in [0.4, 0.5) is 0 Å². The van der Waals surface area contributed by atoms with Crippen LogP contribution in [0, 0.1) is 23.7 Å². The third-order valence-corrected chi connectivity index (χ3v) is 15.0. The number of hydrogen-bond donors (Lipinski definition) is 4. The zero-order valence-electron chi connectivity index (χ0n) is 41.0. The van der Waals surface area contributed by atoms with Crippen molar-refractivity contribution in [3.8, 4) is 0 Å². The van der Waals surface area contributed by atoms with Gasteiger partial charge in [0, 0.05) is 122 Å². The van der Waals surface area contributed by atoms with Crippen LogP contribution in [0.2, 0.25) is 0 Å². The van der Waals surface area contributed by atoms with Gasteiger partial charge in [0.25, 0.3) is 11.1 Å². The third kappa shape index (κ3) is 9.74. The molecule has 6 aromatic rings. The Bertz CT molecular complexity index is 2820. The van der Waals surface area contributed by atoms with Crippen molar-refractivity contribution in [1.82, 2.24) is 49.5 Å². The first-order valence-corrected chi connectivity index (χ1v) is 24.7. The van der Waals surface area contributed by atoms with Gasteiger partial charge in [-0.3, -0.25) is 29.0 Å². The SMILES string of the molecule is C/C=C/c1ccc2n(c1=O)C[C@H]1[C@H](CO)[C@@H](C(=O)N[C@H](C)c3ccccc3)[C@@H]2N1Cc1cncnc1.C/C=C\c1ccc2n(c1=O)C[C@H]1[C@H](CO)[C@@H](C(=O)N[C@H](C)c3ccccc3)[C@@H]2N1Cc1cncnc1. The molecule has 16 nitrogen and oxygen atoms in total. The quantitative estimate of drug-likeness (QED) is 0.108. The molecule has 0 unspecified atom stereocenters. The minimum Gasteiger partial charge on any atom is -0.396 e. The molecule has 4 bridgehead atoms. The topological polar surface area (TPSA) is 201 Å². The zero-order valence-corrected chi connectivity index (χ0v) is 41.0. The molecule has 0 radical (unpaired) electrons. The second-order valence-electron chi connectivity index (χ2n) is 19.1. The Kier molecular flexibility index (Phi) is 15.2. The van der Waals surface area contributed by atoms with Crippen molar-refractivity contribution in [2.45, 2.75) is 90.1 Å². The van der Waals surface area contributed by atoms with Gasteiger partial charge in [-0.25, -0.2) is 19.9 Å². The van der Waals surface area contributed by atoms with Crippen LogP contribution in [0.1, 0.15) is 96.6 Å². The summed E-state index contributed by atoms with van der Waals surface area (Å²) in [5.41, 5.74) is 6.55. The summed E-state index contributed by atoms with van der Waals surface area (Å²) in [7, 11) is 0. The Morgan fingerprint density at radius 2 is 0.972 bits per heavy atom. The lowest BCUT2D eigenvalue weighted by atomic mass is 9.86. The number of benzene rings is 2. The molecule has 8 heterocycles. The summed E-state index contributed by atoms with van der Waals surface area (Å²) < 4.78 is 3.58.